The van der Waals surface area contributed by atoms with E-state index < -0.39 is 33.1 Å². The molecule has 2 N–H and O–H groups in total. The SMILES string of the molecule is CCNS(=O)(=O)c1ccc(F)c(C(=O)Nc2nnc(-c3ccc(F)cc3)s2)c1. The molecule has 0 atom stereocenters. The van der Waals surface area contributed by atoms with E-state index >= 15 is 0 Å². The molecule has 146 valence electrons. The van der Waals surface area contributed by atoms with Gasteiger partial charge in [0.25, 0.3) is 5.91 Å². The zero-order valence-electron chi connectivity index (χ0n) is 14.4. The maximum absolute atomic E-state index is 14.1. The number of rotatable bonds is 6. The van der Waals surface area contributed by atoms with E-state index in [-0.39, 0.29) is 16.6 Å². The smallest absolute Gasteiger partial charge is 0.260 e. The van der Waals surface area contributed by atoms with Gasteiger partial charge in [-0.15, -0.1) is 10.2 Å². The first-order chi connectivity index (χ1) is 13.3. The molecule has 3 aromatic rings. The Morgan fingerprint density at radius 2 is 1.82 bits per heavy atom. The second kappa shape index (κ2) is 8.09. The van der Waals surface area contributed by atoms with Crippen LogP contribution in [-0.4, -0.2) is 31.1 Å². The van der Waals surface area contributed by atoms with Crippen LogP contribution in [0.1, 0.15) is 17.3 Å². The van der Waals surface area contributed by atoms with Crippen LogP contribution >= 0.6 is 11.3 Å². The Balaban J connectivity index is 1.83. The molecular weight excluding hydrogens is 410 g/mol. The molecule has 28 heavy (non-hydrogen) atoms. The van der Waals surface area contributed by atoms with E-state index in [0.717, 1.165) is 29.5 Å². The zero-order chi connectivity index (χ0) is 20.3. The maximum atomic E-state index is 14.1. The van der Waals surface area contributed by atoms with Crippen molar-refractivity contribution in [3.05, 3.63) is 59.7 Å². The van der Waals surface area contributed by atoms with Gasteiger partial charge in [-0.05, 0) is 42.5 Å². The molecule has 1 aromatic heterocycles. The number of benzene rings is 2. The molecule has 0 saturated carbocycles. The highest BCUT2D eigenvalue weighted by atomic mass is 32.2. The van der Waals surface area contributed by atoms with Crippen molar-refractivity contribution < 1.29 is 22.0 Å². The van der Waals surface area contributed by atoms with Crippen molar-refractivity contribution in [2.24, 2.45) is 0 Å². The predicted molar refractivity (Wildman–Crippen MR) is 101 cm³/mol. The van der Waals surface area contributed by atoms with Gasteiger partial charge in [-0.1, -0.05) is 18.3 Å². The number of aromatic nitrogens is 2. The highest BCUT2D eigenvalue weighted by Gasteiger charge is 2.20. The van der Waals surface area contributed by atoms with Crippen LogP contribution in [0.25, 0.3) is 10.6 Å². The van der Waals surface area contributed by atoms with Crippen molar-refractivity contribution in [3.63, 3.8) is 0 Å². The molecule has 1 heterocycles. The minimum absolute atomic E-state index is 0.0867. The average Bonchev–Trinajstić information content (AvgIpc) is 3.10. The van der Waals surface area contributed by atoms with Crippen molar-refractivity contribution in [2.75, 3.05) is 11.9 Å². The standard InChI is InChI=1S/C17H14F2N4O3S2/c1-2-20-28(25,26)12-7-8-14(19)13(9-12)15(24)21-17-23-22-16(27-17)10-3-5-11(18)6-4-10/h3-9,20H,2H2,1H3,(H,21,23,24). The second-order valence-corrected chi connectivity index (χ2v) is 8.26. The molecule has 0 saturated heterocycles. The Kier molecular flexibility index (Phi) is 5.77. The molecule has 11 heteroatoms. The summed E-state index contributed by atoms with van der Waals surface area (Å²) in [5.74, 6) is -2.14. The van der Waals surface area contributed by atoms with Gasteiger partial charge >= 0.3 is 0 Å². The second-order valence-electron chi connectivity index (χ2n) is 5.52. The number of hydrogen-bond acceptors (Lipinski definition) is 6. The molecule has 1 amide bonds. The zero-order valence-corrected chi connectivity index (χ0v) is 16.1. The van der Waals surface area contributed by atoms with Crippen LogP contribution in [0.2, 0.25) is 0 Å². The van der Waals surface area contributed by atoms with E-state index in [9.17, 15) is 22.0 Å². The van der Waals surface area contributed by atoms with Crippen molar-refractivity contribution in [2.45, 2.75) is 11.8 Å². The van der Waals surface area contributed by atoms with Gasteiger partial charge in [0.2, 0.25) is 15.2 Å². The van der Waals surface area contributed by atoms with Gasteiger partial charge in [0.1, 0.15) is 16.6 Å². The number of carbonyl (C=O) groups excluding carboxylic acids is 1. The van der Waals surface area contributed by atoms with Crippen LogP contribution in [-0.2, 0) is 10.0 Å². The minimum Gasteiger partial charge on any atom is -0.296 e. The molecule has 0 aliphatic carbocycles. The monoisotopic (exact) mass is 424 g/mol. The number of hydrogen-bond donors (Lipinski definition) is 2. The van der Waals surface area contributed by atoms with Gasteiger partial charge in [0.05, 0.1) is 10.5 Å². The van der Waals surface area contributed by atoms with Crippen molar-refractivity contribution in [3.8, 4) is 10.6 Å². The molecule has 0 spiro atoms. The number of nitrogens with one attached hydrogen (secondary N) is 2. The Morgan fingerprint density at radius 3 is 2.50 bits per heavy atom. The summed E-state index contributed by atoms with van der Waals surface area (Å²) in [6.07, 6.45) is 0. The number of nitrogens with zero attached hydrogens (tertiary/aromatic N) is 2. The van der Waals surface area contributed by atoms with Crippen LogP contribution in [0, 0.1) is 11.6 Å². The first-order valence-electron chi connectivity index (χ1n) is 8.00. The molecular formula is C17H14F2N4O3S2. The summed E-state index contributed by atoms with van der Waals surface area (Å²) in [6, 6.07) is 8.48. The average molecular weight is 424 g/mol. The Morgan fingerprint density at radius 1 is 1.11 bits per heavy atom. The van der Waals surface area contributed by atoms with E-state index in [4.69, 9.17) is 0 Å². The Hall–Kier alpha value is -2.76. The van der Waals surface area contributed by atoms with Crippen LogP contribution in [0.4, 0.5) is 13.9 Å². The molecule has 0 aliphatic heterocycles. The van der Waals surface area contributed by atoms with E-state index in [2.05, 4.69) is 20.2 Å². The summed E-state index contributed by atoms with van der Waals surface area (Å²) in [7, 11) is -3.84. The topological polar surface area (TPSA) is 101 Å². The van der Waals surface area contributed by atoms with Crippen molar-refractivity contribution in [1.82, 2.24) is 14.9 Å². The number of amides is 1. The van der Waals surface area contributed by atoms with E-state index in [1.165, 1.54) is 24.3 Å². The van der Waals surface area contributed by atoms with Crippen molar-refractivity contribution in [1.29, 1.82) is 0 Å². The van der Waals surface area contributed by atoms with Crippen LogP contribution in [0.5, 0.6) is 0 Å². The van der Waals surface area contributed by atoms with Gasteiger partial charge in [-0.3, -0.25) is 10.1 Å². The molecule has 3 rings (SSSR count). The van der Waals surface area contributed by atoms with Crippen LogP contribution in [0.3, 0.4) is 0 Å². The maximum Gasteiger partial charge on any atom is 0.260 e. The molecule has 0 aliphatic rings. The largest absolute Gasteiger partial charge is 0.296 e. The number of carbonyl (C=O) groups is 1. The summed E-state index contributed by atoms with van der Waals surface area (Å²) < 4.78 is 53.4. The lowest BCUT2D eigenvalue weighted by Gasteiger charge is -2.07. The Labute approximate surface area is 163 Å². The third-order valence-electron chi connectivity index (χ3n) is 3.56. The van der Waals surface area contributed by atoms with Gasteiger partial charge in [-0.25, -0.2) is 21.9 Å². The molecule has 0 radical (unpaired) electrons. The fraction of sp³-hybridized carbons (Fsp3) is 0.118. The highest BCUT2D eigenvalue weighted by molar-refractivity contribution is 7.89. The lowest BCUT2D eigenvalue weighted by Crippen LogP contribution is -2.24. The molecule has 0 bridgehead atoms. The number of sulfonamides is 1. The van der Waals surface area contributed by atoms with E-state index in [1.807, 2.05) is 0 Å². The fourth-order valence-electron chi connectivity index (χ4n) is 2.27. The summed E-state index contributed by atoms with van der Waals surface area (Å²) in [4.78, 5) is 12.2. The first kappa shape index (κ1) is 20.0. The van der Waals surface area contributed by atoms with Gasteiger partial charge in [-0.2, -0.15) is 0 Å². The molecule has 0 fully saturated rings. The Bertz CT molecular complexity index is 1120. The van der Waals surface area contributed by atoms with Crippen molar-refractivity contribution >= 4 is 32.4 Å². The quantitative estimate of drug-likeness (QED) is 0.633. The lowest BCUT2D eigenvalue weighted by molar-refractivity contribution is 0.102. The highest BCUT2D eigenvalue weighted by Crippen LogP contribution is 2.27. The summed E-state index contributed by atoms with van der Waals surface area (Å²) >= 11 is 1.01. The summed E-state index contributed by atoms with van der Waals surface area (Å²) in [5, 5.41) is 10.6. The van der Waals surface area contributed by atoms with Gasteiger partial charge < -0.3 is 0 Å². The predicted octanol–water partition coefficient (Wildman–Crippen LogP) is 3.03. The van der Waals surface area contributed by atoms with Crippen LogP contribution < -0.4 is 10.0 Å². The fourth-order valence-corrected chi connectivity index (χ4v) is 4.08. The number of halogens is 2. The first-order valence-corrected chi connectivity index (χ1v) is 10.3. The third kappa shape index (κ3) is 4.38. The molecule has 2 aromatic carbocycles. The third-order valence-corrected chi connectivity index (χ3v) is 5.99. The molecule has 7 nitrogen and oxygen atoms in total. The van der Waals surface area contributed by atoms with Crippen LogP contribution in [0.15, 0.2) is 47.4 Å². The normalized spacial score (nSPS) is 11.4. The summed E-state index contributed by atoms with van der Waals surface area (Å²) in [5.41, 5.74) is 0.154. The van der Waals surface area contributed by atoms with E-state index in [0.29, 0.717) is 10.6 Å². The van der Waals surface area contributed by atoms with Gasteiger partial charge in [0.15, 0.2) is 0 Å². The van der Waals surface area contributed by atoms with E-state index in [1.54, 1.807) is 6.92 Å². The van der Waals surface area contributed by atoms with Gasteiger partial charge in [0, 0.05) is 12.1 Å². The molecule has 0 unspecified atom stereocenters. The lowest BCUT2D eigenvalue weighted by atomic mass is 10.2. The summed E-state index contributed by atoms with van der Waals surface area (Å²) in [6.45, 7) is 1.75. The number of anilines is 1. The minimum atomic E-state index is -3.84.